The van der Waals surface area contributed by atoms with Gasteiger partial charge < -0.3 is 5.73 Å². The summed E-state index contributed by atoms with van der Waals surface area (Å²) < 4.78 is 0. The van der Waals surface area contributed by atoms with Crippen molar-refractivity contribution >= 4 is 34.0 Å². The van der Waals surface area contributed by atoms with Crippen LogP contribution in [0.2, 0.25) is 0 Å². The average Bonchev–Trinajstić information content (AvgIpc) is 2.86. The number of thioether (sulfide) groups is 1. The SMILES string of the molecule is Cc1nc(C)c(C(=O)Cc2cncc([C@]3(C)CCSC(N)=N3)c2)s1. The van der Waals surface area contributed by atoms with Crippen molar-refractivity contribution in [2.24, 2.45) is 10.7 Å². The first-order chi connectivity index (χ1) is 11.4. The summed E-state index contributed by atoms with van der Waals surface area (Å²) in [6, 6.07) is 2.03. The van der Waals surface area contributed by atoms with Gasteiger partial charge in [-0.1, -0.05) is 11.8 Å². The molecule has 0 saturated carbocycles. The maximum atomic E-state index is 12.6. The van der Waals surface area contributed by atoms with Crippen LogP contribution in [-0.2, 0) is 12.0 Å². The van der Waals surface area contributed by atoms with Gasteiger partial charge in [0.1, 0.15) is 0 Å². The Kier molecular flexibility index (Phi) is 4.73. The Bertz CT molecular complexity index is 815. The molecule has 3 heterocycles. The van der Waals surface area contributed by atoms with Gasteiger partial charge in [0.15, 0.2) is 11.0 Å². The van der Waals surface area contributed by atoms with Crippen LogP contribution in [-0.4, -0.2) is 26.7 Å². The molecule has 2 aromatic heterocycles. The summed E-state index contributed by atoms with van der Waals surface area (Å²) in [7, 11) is 0. The number of hydrogen-bond donors (Lipinski definition) is 1. The second-order valence-corrected chi connectivity index (χ2v) is 8.47. The quantitative estimate of drug-likeness (QED) is 0.847. The Labute approximate surface area is 149 Å². The lowest BCUT2D eigenvalue weighted by atomic mass is 9.90. The van der Waals surface area contributed by atoms with Crippen molar-refractivity contribution < 1.29 is 4.79 Å². The van der Waals surface area contributed by atoms with Crippen LogP contribution in [0.4, 0.5) is 0 Å². The number of amidine groups is 1. The predicted octanol–water partition coefficient (Wildman–Crippen LogP) is 3.25. The lowest BCUT2D eigenvalue weighted by Gasteiger charge is -2.29. The molecule has 3 rings (SSSR count). The molecule has 0 amide bonds. The van der Waals surface area contributed by atoms with Gasteiger partial charge in [-0.2, -0.15) is 0 Å². The van der Waals surface area contributed by atoms with Gasteiger partial charge in [-0.25, -0.2) is 4.98 Å². The van der Waals surface area contributed by atoms with E-state index in [0.29, 0.717) is 11.6 Å². The number of pyridine rings is 1. The molecule has 2 aromatic rings. The van der Waals surface area contributed by atoms with Crippen LogP contribution in [0.25, 0.3) is 0 Å². The highest BCUT2D eigenvalue weighted by molar-refractivity contribution is 8.13. The highest BCUT2D eigenvalue weighted by Crippen LogP contribution is 2.35. The van der Waals surface area contributed by atoms with E-state index in [1.165, 1.54) is 11.3 Å². The van der Waals surface area contributed by atoms with E-state index >= 15 is 0 Å². The van der Waals surface area contributed by atoms with E-state index in [-0.39, 0.29) is 11.3 Å². The Morgan fingerprint density at radius 1 is 1.38 bits per heavy atom. The monoisotopic (exact) mass is 360 g/mol. The molecule has 2 N–H and O–H groups in total. The first kappa shape index (κ1) is 17.1. The van der Waals surface area contributed by atoms with E-state index < -0.39 is 0 Å². The van der Waals surface area contributed by atoms with Crippen LogP contribution in [0.3, 0.4) is 0 Å². The summed E-state index contributed by atoms with van der Waals surface area (Å²) in [5.74, 6) is 1.03. The van der Waals surface area contributed by atoms with Gasteiger partial charge in [-0.05, 0) is 44.4 Å². The van der Waals surface area contributed by atoms with E-state index in [9.17, 15) is 4.79 Å². The minimum atomic E-state index is -0.363. The largest absolute Gasteiger partial charge is 0.379 e. The number of carbonyl (C=O) groups is 1. The molecule has 5 nitrogen and oxygen atoms in total. The summed E-state index contributed by atoms with van der Waals surface area (Å²) in [6.07, 6.45) is 4.80. The average molecular weight is 361 g/mol. The fourth-order valence-electron chi connectivity index (χ4n) is 2.83. The smallest absolute Gasteiger partial charge is 0.179 e. The van der Waals surface area contributed by atoms with Crippen LogP contribution < -0.4 is 5.73 Å². The molecule has 1 atom stereocenters. The van der Waals surface area contributed by atoms with Gasteiger partial charge in [-0.15, -0.1) is 11.3 Å². The summed E-state index contributed by atoms with van der Waals surface area (Å²) in [6.45, 7) is 5.86. The van der Waals surface area contributed by atoms with Gasteiger partial charge in [0, 0.05) is 24.6 Å². The summed E-state index contributed by atoms with van der Waals surface area (Å²) in [4.78, 5) is 26.6. The van der Waals surface area contributed by atoms with Crippen molar-refractivity contribution in [1.82, 2.24) is 9.97 Å². The van der Waals surface area contributed by atoms with Crippen LogP contribution in [0.5, 0.6) is 0 Å². The molecular formula is C17H20N4OS2. The molecule has 1 aliphatic heterocycles. The summed E-state index contributed by atoms with van der Waals surface area (Å²) in [5, 5.41) is 1.53. The standard InChI is InChI=1S/C17H20N4OS2/c1-10-15(24-11(2)20-10)14(22)7-12-6-13(9-19-8-12)17(3)4-5-23-16(18)21-17/h6,8-9H,4-5,7H2,1-3H3,(H2,18,21)/t17-/m0/s1. The van der Waals surface area contributed by atoms with Crippen molar-refractivity contribution in [1.29, 1.82) is 0 Å². The molecule has 0 fully saturated rings. The number of aryl methyl sites for hydroxylation is 2. The number of nitrogens with zero attached hydrogens (tertiary/aromatic N) is 3. The number of hydrogen-bond acceptors (Lipinski definition) is 7. The highest BCUT2D eigenvalue weighted by atomic mass is 32.2. The second kappa shape index (κ2) is 6.64. The van der Waals surface area contributed by atoms with E-state index in [4.69, 9.17) is 5.73 Å². The highest BCUT2D eigenvalue weighted by Gasteiger charge is 2.30. The van der Waals surface area contributed by atoms with E-state index in [1.807, 2.05) is 26.1 Å². The van der Waals surface area contributed by atoms with Crippen molar-refractivity contribution in [3.63, 3.8) is 0 Å². The molecule has 0 saturated heterocycles. The number of thiazole rings is 1. The molecule has 7 heteroatoms. The third kappa shape index (κ3) is 3.52. The number of rotatable bonds is 4. The van der Waals surface area contributed by atoms with E-state index in [2.05, 4.69) is 21.9 Å². The lowest BCUT2D eigenvalue weighted by molar-refractivity contribution is 0.0996. The fraction of sp³-hybridized carbons (Fsp3) is 0.412. The zero-order chi connectivity index (χ0) is 17.3. The first-order valence-electron chi connectivity index (χ1n) is 7.77. The van der Waals surface area contributed by atoms with Gasteiger partial charge in [0.25, 0.3) is 0 Å². The third-order valence-corrected chi connectivity index (χ3v) is 6.04. The zero-order valence-electron chi connectivity index (χ0n) is 14.0. The van der Waals surface area contributed by atoms with Crippen molar-refractivity contribution in [3.8, 4) is 0 Å². The normalized spacial score (nSPS) is 20.7. The van der Waals surface area contributed by atoms with Gasteiger partial charge in [-0.3, -0.25) is 14.8 Å². The summed E-state index contributed by atoms with van der Waals surface area (Å²) in [5.41, 5.74) is 8.24. The Hall–Kier alpha value is -1.73. The molecule has 0 unspecified atom stereocenters. The third-order valence-electron chi connectivity index (χ3n) is 4.13. The molecule has 1 aliphatic rings. The van der Waals surface area contributed by atoms with E-state index in [1.54, 1.807) is 18.0 Å². The van der Waals surface area contributed by atoms with E-state index in [0.717, 1.165) is 38.9 Å². The van der Waals surface area contributed by atoms with Crippen LogP contribution in [0.1, 0.15) is 44.8 Å². The molecule has 0 spiro atoms. The topological polar surface area (TPSA) is 81.2 Å². The number of carbonyl (C=O) groups excluding carboxylic acids is 1. The molecule has 126 valence electrons. The molecular weight excluding hydrogens is 340 g/mol. The minimum absolute atomic E-state index is 0.0874. The molecule has 24 heavy (non-hydrogen) atoms. The van der Waals surface area contributed by atoms with Gasteiger partial charge >= 0.3 is 0 Å². The number of ketones is 1. The Morgan fingerprint density at radius 2 is 2.17 bits per heavy atom. The van der Waals surface area contributed by atoms with Gasteiger partial charge in [0.2, 0.25) is 0 Å². The van der Waals surface area contributed by atoms with Crippen molar-refractivity contribution in [2.45, 2.75) is 39.2 Å². The minimum Gasteiger partial charge on any atom is -0.379 e. The molecule has 0 aliphatic carbocycles. The summed E-state index contributed by atoms with van der Waals surface area (Å²) >= 11 is 3.03. The van der Waals surface area contributed by atoms with Crippen LogP contribution in [0, 0.1) is 13.8 Å². The lowest BCUT2D eigenvalue weighted by Crippen LogP contribution is -2.29. The van der Waals surface area contributed by atoms with Crippen molar-refractivity contribution in [2.75, 3.05) is 5.75 Å². The number of Topliss-reactive ketones (excluding diaryl/α,β-unsaturated/α-hetero) is 1. The van der Waals surface area contributed by atoms with Crippen LogP contribution in [0.15, 0.2) is 23.5 Å². The van der Waals surface area contributed by atoms with Crippen LogP contribution >= 0.6 is 23.1 Å². The van der Waals surface area contributed by atoms with Crippen molar-refractivity contribution in [3.05, 3.63) is 45.2 Å². The zero-order valence-corrected chi connectivity index (χ0v) is 15.6. The Balaban J connectivity index is 1.85. The van der Waals surface area contributed by atoms with Gasteiger partial charge in [0.05, 0.1) is 21.1 Å². The first-order valence-corrected chi connectivity index (χ1v) is 9.57. The maximum absolute atomic E-state index is 12.6. The maximum Gasteiger partial charge on any atom is 0.179 e. The molecule has 0 aromatic carbocycles. The second-order valence-electron chi connectivity index (χ2n) is 6.15. The predicted molar refractivity (Wildman–Crippen MR) is 99.9 cm³/mol. The molecule has 0 radical (unpaired) electrons. The molecule has 0 bridgehead atoms. The Morgan fingerprint density at radius 3 is 2.83 bits per heavy atom. The fourth-order valence-corrected chi connectivity index (χ4v) is 4.66. The number of aliphatic imine (C=N–C) groups is 1. The number of aromatic nitrogens is 2. The number of nitrogens with two attached hydrogens (primary N) is 1.